The molecule has 0 spiro atoms. The number of hydrogen-bond donors (Lipinski definition) is 2. The molecule has 1 rings (SSSR count). The molecular formula is C11H22O2. The van der Waals surface area contributed by atoms with E-state index in [9.17, 15) is 10.2 Å². The van der Waals surface area contributed by atoms with Crippen molar-refractivity contribution in [3.63, 3.8) is 0 Å². The average molecular weight is 186 g/mol. The highest BCUT2D eigenvalue weighted by Gasteiger charge is 2.22. The molecule has 2 N–H and O–H groups in total. The first-order valence-corrected chi connectivity index (χ1v) is 5.60. The van der Waals surface area contributed by atoms with Crippen LogP contribution in [0.3, 0.4) is 0 Å². The molecule has 1 aliphatic rings. The first-order chi connectivity index (χ1) is 6.24. The third-order valence-corrected chi connectivity index (χ3v) is 3.08. The van der Waals surface area contributed by atoms with Crippen LogP contribution in [0.15, 0.2) is 0 Å². The highest BCUT2D eigenvalue weighted by molar-refractivity contribution is 4.75. The van der Waals surface area contributed by atoms with Crippen molar-refractivity contribution in [2.24, 2.45) is 5.92 Å². The fraction of sp³-hybridized carbons (Fsp3) is 1.00. The largest absolute Gasteiger partial charge is 0.390 e. The Labute approximate surface area is 81.0 Å². The average Bonchev–Trinajstić information content (AvgIpc) is 2.57. The molecule has 78 valence electrons. The first-order valence-electron chi connectivity index (χ1n) is 5.60. The topological polar surface area (TPSA) is 40.5 Å². The van der Waals surface area contributed by atoms with Crippen molar-refractivity contribution in [3.05, 3.63) is 0 Å². The van der Waals surface area contributed by atoms with Crippen LogP contribution in [0.2, 0.25) is 0 Å². The Bertz CT molecular complexity index is 130. The van der Waals surface area contributed by atoms with E-state index >= 15 is 0 Å². The van der Waals surface area contributed by atoms with Crippen molar-refractivity contribution < 1.29 is 10.2 Å². The molecule has 1 aliphatic carbocycles. The van der Waals surface area contributed by atoms with Crippen molar-refractivity contribution in [1.29, 1.82) is 0 Å². The molecule has 0 saturated heterocycles. The maximum atomic E-state index is 9.66. The Morgan fingerprint density at radius 1 is 1.15 bits per heavy atom. The lowest BCUT2D eigenvalue weighted by Crippen LogP contribution is -2.27. The van der Waals surface area contributed by atoms with Crippen LogP contribution in [-0.4, -0.2) is 22.4 Å². The standard InChI is InChI=1S/C11H22O2/c1-2-5-10(12)11(13)8-9-6-3-4-7-9/h9-13H,2-8H2,1H3. The zero-order chi connectivity index (χ0) is 9.68. The highest BCUT2D eigenvalue weighted by Crippen LogP contribution is 2.29. The smallest absolute Gasteiger partial charge is 0.0801 e. The predicted octanol–water partition coefficient (Wildman–Crippen LogP) is 2.09. The Hall–Kier alpha value is -0.0800. The van der Waals surface area contributed by atoms with Gasteiger partial charge in [0, 0.05) is 0 Å². The third-order valence-electron chi connectivity index (χ3n) is 3.08. The molecule has 1 fully saturated rings. The van der Waals surface area contributed by atoms with Gasteiger partial charge in [-0.15, -0.1) is 0 Å². The van der Waals surface area contributed by atoms with E-state index in [1.807, 2.05) is 6.92 Å². The number of rotatable bonds is 5. The molecule has 13 heavy (non-hydrogen) atoms. The molecule has 0 heterocycles. The molecule has 0 aromatic heterocycles. The summed E-state index contributed by atoms with van der Waals surface area (Å²) in [5.74, 6) is 0.668. The van der Waals surface area contributed by atoms with E-state index in [1.165, 1.54) is 25.7 Å². The Kier molecular flexibility index (Phi) is 4.74. The summed E-state index contributed by atoms with van der Waals surface area (Å²) in [7, 11) is 0. The zero-order valence-electron chi connectivity index (χ0n) is 8.58. The lowest BCUT2D eigenvalue weighted by Gasteiger charge is -2.20. The second-order valence-corrected chi connectivity index (χ2v) is 4.31. The van der Waals surface area contributed by atoms with Crippen LogP contribution >= 0.6 is 0 Å². The van der Waals surface area contributed by atoms with Gasteiger partial charge in [-0.25, -0.2) is 0 Å². The van der Waals surface area contributed by atoms with Crippen LogP contribution < -0.4 is 0 Å². The fourth-order valence-corrected chi connectivity index (χ4v) is 2.23. The van der Waals surface area contributed by atoms with Crippen LogP contribution in [0.25, 0.3) is 0 Å². The maximum Gasteiger partial charge on any atom is 0.0801 e. The predicted molar refractivity (Wildman–Crippen MR) is 53.5 cm³/mol. The van der Waals surface area contributed by atoms with Crippen LogP contribution in [-0.2, 0) is 0 Å². The second-order valence-electron chi connectivity index (χ2n) is 4.31. The Balaban J connectivity index is 2.18. The van der Waals surface area contributed by atoms with Crippen LogP contribution in [0.4, 0.5) is 0 Å². The van der Waals surface area contributed by atoms with Crippen LogP contribution in [0.5, 0.6) is 0 Å². The van der Waals surface area contributed by atoms with Gasteiger partial charge in [-0.05, 0) is 18.8 Å². The lowest BCUT2D eigenvalue weighted by atomic mass is 9.95. The highest BCUT2D eigenvalue weighted by atomic mass is 16.3. The summed E-state index contributed by atoms with van der Waals surface area (Å²) in [5.41, 5.74) is 0. The summed E-state index contributed by atoms with van der Waals surface area (Å²) in [6.07, 6.45) is 6.61. The van der Waals surface area contributed by atoms with Gasteiger partial charge in [0.05, 0.1) is 12.2 Å². The van der Waals surface area contributed by atoms with Gasteiger partial charge >= 0.3 is 0 Å². The molecule has 0 aliphatic heterocycles. The van der Waals surface area contributed by atoms with Gasteiger partial charge in [-0.2, -0.15) is 0 Å². The first kappa shape index (κ1) is 11.0. The van der Waals surface area contributed by atoms with E-state index in [2.05, 4.69) is 0 Å². The van der Waals surface area contributed by atoms with Crippen molar-refractivity contribution in [2.75, 3.05) is 0 Å². The minimum Gasteiger partial charge on any atom is -0.390 e. The molecule has 2 unspecified atom stereocenters. The van der Waals surface area contributed by atoms with Gasteiger partial charge in [-0.1, -0.05) is 39.0 Å². The van der Waals surface area contributed by atoms with E-state index in [0.717, 1.165) is 19.3 Å². The summed E-state index contributed by atoms with van der Waals surface area (Å²) in [6.45, 7) is 2.03. The van der Waals surface area contributed by atoms with Crippen molar-refractivity contribution in [1.82, 2.24) is 0 Å². The second kappa shape index (κ2) is 5.61. The lowest BCUT2D eigenvalue weighted by molar-refractivity contribution is 0.000699. The number of aliphatic hydroxyl groups excluding tert-OH is 2. The van der Waals surface area contributed by atoms with Crippen molar-refractivity contribution in [3.8, 4) is 0 Å². The third kappa shape index (κ3) is 3.65. The molecule has 0 amide bonds. The van der Waals surface area contributed by atoms with E-state index in [0.29, 0.717) is 5.92 Å². The number of aliphatic hydroxyl groups is 2. The Morgan fingerprint density at radius 2 is 1.77 bits per heavy atom. The molecule has 0 aromatic rings. The summed E-state index contributed by atoms with van der Waals surface area (Å²) in [6, 6.07) is 0. The summed E-state index contributed by atoms with van der Waals surface area (Å²) < 4.78 is 0. The monoisotopic (exact) mass is 186 g/mol. The van der Waals surface area contributed by atoms with Crippen molar-refractivity contribution in [2.45, 2.75) is 64.1 Å². The van der Waals surface area contributed by atoms with Crippen LogP contribution in [0, 0.1) is 5.92 Å². The van der Waals surface area contributed by atoms with E-state index in [4.69, 9.17) is 0 Å². The van der Waals surface area contributed by atoms with Crippen molar-refractivity contribution >= 4 is 0 Å². The zero-order valence-corrected chi connectivity index (χ0v) is 8.58. The van der Waals surface area contributed by atoms with Gasteiger partial charge in [0.1, 0.15) is 0 Å². The summed E-state index contributed by atoms with van der Waals surface area (Å²) in [5, 5.41) is 19.2. The van der Waals surface area contributed by atoms with Crippen LogP contribution in [0.1, 0.15) is 51.9 Å². The molecule has 2 atom stereocenters. The van der Waals surface area contributed by atoms with Gasteiger partial charge < -0.3 is 10.2 Å². The molecule has 2 nitrogen and oxygen atoms in total. The Morgan fingerprint density at radius 3 is 2.31 bits per heavy atom. The van der Waals surface area contributed by atoms with Gasteiger partial charge in [-0.3, -0.25) is 0 Å². The van der Waals surface area contributed by atoms with E-state index in [-0.39, 0.29) is 0 Å². The summed E-state index contributed by atoms with van der Waals surface area (Å²) >= 11 is 0. The van der Waals surface area contributed by atoms with Gasteiger partial charge in [0.2, 0.25) is 0 Å². The minimum atomic E-state index is -0.495. The summed E-state index contributed by atoms with van der Waals surface area (Å²) in [4.78, 5) is 0. The maximum absolute atomic E-state index is 9.66. The van der Waals surface area contributed by atoms with Gasteiger partial charge in [0.25, 0.3) is 0 Å². The molecule has 0 aromatic carbocycles. The molecule has 0 bridgehead atoms. The molecule has 2 heteroatoms. The SMILES string of the molecule is CCCC(O)C(O)CC1CCCC1. The van der Waals surface area contributed by atoms with Gasteiger partial charge in [0.15, 0.2) is 0 Å². The minimum absolute atomic E-state index is 0.483. The van der Waals surface area contributed by atoms with E-state index in [1.54, 1.807) is 0 Å². The number of hydrogen-bond acceptors (Lipinski definition) is 2. The quantitative estimate of drug-likeness (QED) is 0.690. The molecule has 0 radical (unpaired) electrons. The van der Waals surface area contributed by atoms with E-state index < -0.39 is 12.2 Å². The molecule has 1 saturated carbocycles. The normalized spacial score (nSPS) is 23.3. The molecular weight excluding hydrogens is 164 g/mol. The fourth-order valence-electron chi connectivity index (χ4n) is 2.23.